The van der Waals surface area contributed by atoms with Crippen molar-refractivity contribution in [3.8, 4) is 34.3 Å². The molecule has 2 N–H and O–H groups in total. The van der Waals surface area contributed by atoms with Crippen LogP contribution in [0.1, 0.15) is 45.4 Å². The molecular weight excluding hydrogens is 475 g/mol. The molecule has 3 fully saturated rings. The summed E-state index contributed by atoms with van der Waals surface area (Å²) >= 11 is 0. The topological polar surface area (TPSA) is 110 Å². The molecule has 0 amide bonds. The second-order valence-electron chi connectivity index (χ2n) is 9.99. The molecule has 3 aliphatic carbocycles. The number of hydrogen-bond acceptors (Lipinski definition) is 6. The molecule has 0 spiro atoms. The summed E-state index contributed by atoms with van der Waals surface area (Å²) in [7, 11) is 0. The maximum atomic E-state index is 15.1. The van der Waals surface area contributed by atoms with Crippen molar-refractivity contribution in [2.75, 3.05) is 6.61 Å². The second kappa shape index (κ2) is 8.83. The average molecular weight is 503 g/mol. The third-order valence-electron chi connectivity index (χ3n) is 7.86. The highest BCUT2D eigenvalue weighted by Crippen LogP contribution is 2.53. The summed E-state index contributed by atoms with van der Waals surface area (Å²) in [6, 6.07) is 12.2. The first kappa shape index (κ1) is 23.4. The van der Waals surface area contributed by atoms with E-state index < -0.39 is 17.2 Å². The van der Waals surface area contributed by atoms with Gasteiger partial charge < -0.3 is 19.6 Å². The van der Waals surface area contributed by atoms with Crippen molar-refractivity contribution in [1.29, 1.82) is 0 Å². The van der Waals surface area contributed by atoms with Crippen LogP contribution in [0, 0.1) is 11.2 Å². The summed E-state index contributed by atoms with van der Waals surface area (Å²) < 4.78 is 26.9. The number of carboxylic acid groups (broad SMARTS) is 1. The summed E-state index contributed by atoms with van der Waals surface area (Å²) in [4.78, 5) is 28.1. The van der Waals surface area contributed by atoms with Gasteiger partial charge in [0.15, 0.2) is 5.65 Å². The number of imidazole rings is 1. The number of ether oxygens (including phenoxy) is 2. The number of nitrogens with zero attached hydrogens (tertiary/aromatic N) is 3. The van der Waals surface area contributed by atoms with Crippen molar-refractivity contribution >= 4 is 17.1 Å². The number of aromatic nitrogens is 4. The quantitative estimate of drug-likeness (QED) is 0.330. The highest BCUT2D eigenvalue weighted by molar-refractivity contribution is 5.77. The summed E-state index contributed by atoms with van der Waals surface area (Å²) in [5, 5.41) is 9.60. The van der Waals surface area contributed by atoms with Crippen LogP contribution in [0.4, 0.5) is 4.39 Å². The minimum absolute atomic E-state index is 0.343. The number of aromatic amines is 1. The third kappa shape index (κ3) is 4.18. The van der Waals surface area contributed by atoms with E-state index in [1.54, 1.807) is 30.5 Å². The molecule has 0 saturated heterocycles. The smallest absolute Gasteiger partial charge is 0.309 e. The van der Waals surface area contributed by atoms with Gasteiger partial charge in [0, 0.05) is 23.9 Å². The van der Waals surface area contributed by atoms with Crippen LogP contribution in [-0.2, 0) is 4.79 Å². The Balaban J connectivity index is 1.18. The largest absolute Gasteiger partial charge is 0.481 e. The van der Waals surface area contributed by atoms with Crippen molar-refractivity contribution in [2.45, 2.75) is 51.0 Å². The lowest BCUT2D eigenvalue weighted by Gasteiger charge is -2.50. The molecule has 3 aromatic heterocycles. The summed E-state index contributed by atoms with van der Waals surface area (Å²) in [6.07, 6.45) is 5.76. The molecule has 1 aromatic carbocycles. The predicted molar refractivity (Wildman–Crippen MR) is 135 cm³/mol. The average Bonchev–Trinajstić information content (AvgIpc) is 3.33. The minimum Gasteiger partial charge on any atom is -0.481 e. The number of H-pyrrole nitrogens is 1. The van der Waals surface area contributed by atoms with Gasteiger partial charge in [-0.2, -0.15) is 4.98 Å². The standard InChI is InChI=1S/C28H27FN4O4/c1-2-36-23-8-6-21-25(32-23)33-24(31-21)19-5-3-17(15-20(19)29)18-4-7-22(30-16-18)37-28-12-9-27(10-13-28,11-14-28)26(34)35/h3-8,15-16H,2,9-14H2,1H3,(H,34,35)(H,31,32,33). The minimum atomic E-state index is -0.686. The number of fused-ring (bicyclic) bond motifs is 4. The van der Waals surface area contributed by atoms with Crippen LogP contribution in [0.3, 0.4) is 0 Å². The molecular formula is C28H27FN4O4. The molecule has 3 aliphatic rings. The van der Waals surface area contributed by atoms with Gasteiger partial charge in [-0.15, -0.1) is 0 Å². The Kier molecular flexibility index (Phi) is 5.58. The number of aliphatic carboxylic acids is 1. The van der Waals surface area contributed by atoms with Crippen LogP contribution in [0.5, 0.6) is 11.8 Å². The lowest BCUT2D eigenvalue weighted by molar-refractivity contribution is -0.162. The Labute approximate surface area is 212 Å². The molecule has 9 heteroatoms. The zero-order chi connectivity index (χ0) is 25.6. The van der Waals surface area contributed by atoms with Gasteiger partial charge in [-0.3, -0.25) is 4.79 Å². The van der Waals surface area contributed by atoms with Crippen LogP contribution < -0.4 is 9.47 Å². The van der Waals surface area contributed by atoms with E-state index in [0.29, 0.717) is 65.7 Å². The zero-order valence-electron chi connectivity index (χ0n) is 20.5. The van der Waals surface area contributed by atoms with Gasteiger partial charge in [0.25, 0.3) is 0 Å². The van der Waals surface area contributed by atoms with Crippen molar-refractivity contribution in [1.82, 2.24) is 19.9 Å². The van der Waals surface area contributed by atoms with Gasteiger partial charge in [0.2, 0.25) is 11.8 Å². The first-order valence-electron chi connectivity index (χ1n) is 12.6. The van der Waals surface area contributed by atoms with Gasteiger partial charge in [0.1, 0.15) is 22.8 Å². The lowest BCUT2D eigenvalue weighted by atomic mass is 9.58. The molecule has 7 rings (SSSR count). The molecule has 0 unspecified atom stereocenters. The Morgan fingerprint density at radius 3 is 2.38 bits per heavy atom. The fourth-order valence-electron chi connectivity index (χ4n) is 5.58. The van der Waals surface area contributed by atoms with E-state index >= 15 is 4.39 Å². The number of carboxylic acids is 1. The van der Waals surface area contributed by atoms with Gasteiger partial charge in [-0.25, -0.2) is 14.4 Å². The van der Waals surface area contributed by atoms with E-state index in [1.165, 1.54) is 6.07 Å². The van der Waals surface area contributed by atoms with Crippen molar-refractivity contribution in [3.05, 3.63) is 54.5 Å². The number of nitrogens with one attached hydrogen (secondary N) is 1. The Hall–Kier alpha value is -4.01. The van der Waals surface area contributed by atoms with E-state index in [9.17, 15) is 9.90 Å². The van der Waals surface area contributed by atoms with Crippen LogP contribution >= 0.6 is 0 Å². The van der Waals surface area contributed by atoms with E-state index in [2.05, 4.69) is 19.9 Å². The molecule has 3 saturated carbocycles. The number of halogens is 1. The number of benzene rings is 1. The molecule has 37 heavy (non-hydrogen) atoms. The SMILES string of the molecule is CCOc1ccc2nc(-c3ccc(-c4ccc(OC56CCC(C(=O)O)(CC5)CC6)nc4)cc3F)[nH]c2n1. The molecule has 8 nitrogen and oxygen atoms in total. The highest BCUT2D eigenvalue weighted by Gasteiger charge is 2.54. The number of pyridine rings is 2. The van der Waals surface area contributed by atoms with Gasteiger partial charge in [-0.05, 0) is 75.3 Å². The maximum Gasteiger partial charge on any atom is 0.309 e. The normalized spacial score (nSPS) is 22.8. The fourth-order valence-corrected chi connectivity index (χ4v) is 5.58. The van der Waals surface area contributed by atoms with Crippen LogP contribution in [0.25, 0.3) is 33.7 Å². The van der Waals surface area contributed by atoms with Crippen LogP contribution in [0.2, 0.25) is 0 Å². The van der Waals surface area contributed by atoms with Gasteiger partial charge >= 0.3 is 5.97 Å². The number of hydrogen-bond donors (Lipinski definition) is 2. The van der Waals surface area contributed by atoms with Crippen molar-refractivity contribution < 1.29 is 23.8 Å². The third-order valence-corrected chi connectivity index (χ3v) is 7.86. The highest BCUT2D eigenvalue weighted by atomic mass is 19.1. The summed E-state index contributed by atoms with van der Waals surface area (Å²) in [5.41, 5.74) is 2.04. The molecule has 0 radical (unpaired) electrons. The molecule has 4 aromatic rings. The number of rotatable bonds is 7. The Bertz CT molecular complexity index is 1460. The first-order chi connectivity index (χ1) is 17.9. The van der Waals surface area contributed by atoms with E-state index in [0.717, 1.165) is 24.8 Å². The Morgan fingerprint density at radius 2 is 1.73 bits per heavy atom. The lowest BCUT2D eigenvalue weighted by Crippen LogP contribution is -2.52. The maximum absolute atomic E-state index is 15.1. The van der Waals surface area contributed by atoms with Crippen LogP contribution in [0.15, 0.2) is 48.7 Å². The van der Waals surface area contributed by atoms with Crippen molar-refractivity contribution in [3.63, 3.8) is 0 Å². The summed E-state index contributed by atoms with van der Waals surface area (Å²) in [5.74, 6) is 0.294. The summed E-state index contributed by atoms with van der Waals surface area (Å²) in [6.45, 7) is 2.39. The molecule has 190 valence electrons. The first-order valence-corrected chi connectivity index (χ1v) is 12.6. The molecule has 2 bridgehead atoms. The predicted octanol–water partition coefficient (Wildman–Crippen LogP) is 5.78. The Morgan fingerprint density at radius 1 is 1.00 bits per heavy atom. The zero-order valence-corrected chi connectivity index (χ0v) is 20.5. The van der Waals surface area contributed by atoms with E-state index in [1.807, 2.05) is 19.1 Å². The fraction of sp³-hybridized carbons (Fsp3) is 0.357. The van der Waals surface area contributed by atoms with Crippen LogP contribution in [-0.4, -0.2) is 43.2 Å². The molecule has 0 aliphatic heterocycles. The monoisotopic (exact) mass is 502 g/mol. The van der Waals surface area contributed by atoms with E-state index in [-0.39, 0.29) is 5.60 Å². The molecule has 3 heterocycles. The van der Waals surface area contributed by atoms with Gasteiger partial charge in [0.05, 0.1) is 17.6 Å². The van der Waals surface area contributed by atoms with Gasteiger partial charge in [-0.1, -0.05) is 6.07 Å². The second-order valence-corrected chi connectivity index (χ2v) is 9.99. The van der Waals surface area contributed by atoms with E-state index in [4.69, 9.17) is 9.47 Å². The number of carbonyl (C=O) groups is 1. The van der Waals surface area contributed by atoms with Crippen molar-refractivity contribution in [2.24, 2.45) is 5.41 Å². The molecule has 0 atom stereocenters.